The van der Waals surface area contributed by atoms with Gasteiger partial charge in [-0.15, -0.1) is 0 Å². The van der Waals surface area contributed by atoms with Crippen molar-refractivity contribution in [3.8, 4) is 0 Å². The SMILES string of the molecule is CC(C)(C)OC(=O)N1CCC(N)(Cc2cccnc2)C1. The molecule has 1 fully saturated rings. The molecule has 5 heteroatoms. The minimum atomic E-state index is -0.472. The first-order chi connectivity index (χ1) is 9.27. The quantitative estimate of drug-likeness (QED) is 0.897. The van der Waals surface area contributed by atoms with Crippen LogP contribution in [0.1, 0.15) is 32.8 Å². The van der Waals surface area contributed by atoms with Crippen molar-refractivity contribution in [3.05, 3.63) is 30.1 Å². The van der Waals surface area contributed by atoms with Crippen LogP contribution in [-0.4, -0.2) is 40.2 Å². The number of amides is 1. The highest BCUT2D eigenvalue weighted by Gasteiger charge is 2.38. The molecular weight excluding hydrogens is 254 g/mol. The third kappa shape index (κ3) is 3.93. The highest BCUT2D eigenvalue weighted by atomic mass is 16.6. The van der Waals surface area contributed by atoms with E-state index in [0.717, 1.165) is 18.4 Å². The van der Waals surface area contributed by atoms with Gasteiger partial charge in [0.2, 0.25) is 0 Å². The lowest BCUT2D eigenvalue weighted by molar-refractivity contribution is 0.0284. The van der Waals surface area contributed by atoms with Gasteiger partial charge >= 0.3 is 6.09 Å². The molecule has 2 rings (SSSR count). The fourth-order valence-electron chi connectivity index (χ4n) is 2.43. The minimum absolute atomic E-state index is 0.281. The molecule has 0 aromatic carbocycles. The van der Waals surface area contributed by atoms with Gasteiger partial charge in [-0.2, -0.15) is 0 Å². The Morgan fingerprint density at radius 2 is 2.30 bits per heavy atom. The summed E-state index contributed by atoms with van der Waals surface area (Å²) in [5, 5.41) is 0. The summed E-state index contributed by atoms with van der Waals surface area (Å²) in [5.41, 5.74) is 6.64. The Bertz CT molecular complexity index is 470. The van der Waals surface area contributed by atoms with Crippen molar-refractivity contribution in [1.29, 1.82) is 0 Å². The van der Waals surface area contributed by atoms with E-state index in [1.54, 1.807) is 11.1 Å². The predicted octanol–water partition coefficient (Wildman–Crippen LogP) is 1.96. The van der Waals surface area contributed by atoms with Gasteiger partial charge in [-0.05, 0) is 45.2 Å². The Hall–Kier alpha value is -1.62. The molecule has 1 aromatic rings. The first-order valence-electron chi connectivity index (χ1n) is 6.93. The number of carbonyl (C=O) groups is 1. The Kier molecular flexibility index (Phi) is 3.99. The van der Waals surface area contributed by atoms with Crippen molar-refractivity contribution in [2.75, 3.05) is 13.1 Å². The second-order valence-corrected chi connectivity index (χ2v) is 6.55. The van der Waals surface area contributed by atoms with E-state index in [-0.39, 0.29) is 11.6 Å². The zero-order chi connectivity index (χ0) is 14.8. The largest absolute Gasteiger partial charge is 0.444 e. The van der Waals surface area contributed by atoms with E-state index in [1.807, 2.05) is 39.1 Å². The summed E-state index contributed by atoms with van der Waals surface area (Å²) in [6, 6.07) is 3.91. The lowest BCUT2D eigenvalue weighted by atomic mass is 9.92. The topological polar surface area (TPSA) is 68.5 Å². The van der Waals surface area contributed by atoms with Crippen molar-refractivity contribution in [3.63, 3.8) is 0 Å². The number of nitrogens with two attached hydrogens (primary N) is 1. The van der Waals surface area contributed by atoms with Crippen LogP contribution in [0, 0.1) is 0 Å². The van der Waals surface area contributed by atoms with Gasteiger partial charge in [0.15, 0.2) is 0 Å². The minimum Gasteiger partial charge on any atom is -0.444 e. The third-order valence-electron chi connectivity index (χ3n) is 3.32. The number of aromatic nitrogens is 1. The first kappa shape index (κ1) is 14.8. The fraction of sp³-hybridized carbons (Fsp3) is 0.600. The molecule has 1 unspecified atom stereocenters. The summed E-state index contributed by atoms with van der Waals surface area (Å²) in [5.74, 6) is 0. The molecule has 1 aliphatic rings. The zero-order valence-corrected chi connectivity index (χ0v) is 12.4. The summed E-state index contributed by atoms with van der Waals surface area (Å²) in [6.45, 7) is 6.77. The zero-order valence-electron chi connectivity index (χ0n) is 12.4. The summed E-state index contributed by atoms with van der Waals surface area (Å²) in [6.07, 6.45) is 4.79. The van der Waals surface area contributed by atoms with Gasteiger partial charge in [-0.3, -0.25) is 4.98 Å². The van der Waals surface area contributed by atoms with E-state index in [4.69, 9.17) is 10.5 Å². The van der Waals surface area contributed by atoms with Crippen LogP contribution in [-0.2, 0) is 11.2 Å². The number of pyridine rings is 1. The van der Waals surface area contributed by atoms with Crippen LogP contribution in [0.15, 0.2) is 24.5 Å². The lowest BCUT2D eigenvalue weighted by Gasteiger charge is -2.27. The highest BCUT2D eigenvalue weighted by molar-refractivity contribution is 5.68. The number of ether oxygens (including phenoxy) is 1. The van der Waals surface area contributed by atoms with Crippen LogP contribution < -0.4 is 5.73 Å². The molecule has 110 valence electrons. The second-order valence-electron chi connectivity index (χ2n) is 6.55. The number of carbonyl (C=O) groups excluding carboxylic acids is 1. The molecule has 0 spiro atoms. The van der Waals surface area contributed by atoms with E-state index in [9.17, 15) is 4.79 Å². The van der Waals surface area contributed by atoms with Gasteiger partial charge in [0.05, 0.1) is 0 Å². The van der Waals surface area contributed by atoms with Gasteiger partial charge in [-0.25, -0.2) is 4.79 Å². The molecule has 1 aliphatic heterocycles. The van der Waals surface area contributed by atoms with Crippen LogP contribution in [0.2, 0.25) is 0 Å². The Balaban J connectivity index is 1.95. The molecule has 0 saturated carbocycles. The number of hydrogen-bond acceptors (Lipinski definition) is 4. The Labute approximate surface area is 120 Å². The summed E-state index contributed by atoms with van der Waals surface area (Å²) in [4.78, 5) is 17.8. The summed E-state index contributed by atoms with van der Waals surface area (Å²) in [7, 11) is 0. The molecule has 2 N–H and O–H groups in total. The third-order valence-corrected chi connectivity index (χ3v) is 3.32. The smallest absolute Gasteiger partial charge is 0.410 e. The summed E-state index contributed by atoms with van der Waals surface area (Å²) < 4.78 is 5.38. The van der Waals surface area contributed by atoms with Gasteiger partial charge in [-0.1, -0.05) is 6.07 Å². The molecule has 0 aliphatic carbocycles. The lowest BCUT2D eigenvalue weighted by Crippen LogP contribution is -2.46. The Morgan fingerprint density at radius 3 is 2.90 bits per heavy atom. The van der Waals surface area contributed by atoms with Crippen LogP contribution in [0.4, 0.5) is 4.79 Å². The maximum Gasteiger partial charge on any atom is 0.410 e. The predicted molar refractivity (Wildman–Crippen MR) is 77.3 cm³/mol. The van der Waals surface area contributed by atoms with E-state index in [2.05, 4.69) is 4.98 Å². The number of hydrogen-bond donors (Lipinski definition) is 1. The molecule has 1 aromatic heterocycles. The number of nitrogens with zero attached hydrogens (tertiary/aromatic N) is 2. The molecule has 1 saturated heterocycles. The molecule has 5 nitrogen and oxygen atoms in total. The van der Waals surface area contributed by atoms with Gasteiger partial charge in [0.1, 0.15) is 5.60 Å². The fourth-order valence-corrected chi connectivity index (χ4v) is 2.43. The van der Waals surface area contributed by atoms with Crippen LogP contribution in [0.3, 0.4) is 0 Å². The molecule has 1 amide bonds. The molecule has 2 heterocycles. The molecule has 0 bridgehead atoms. The average molecular weight is 277 g/mol. The molecule has 0 radical (unpaired) electrons. The number of rotatable bonds is 2. The summed E-state index contributed by atoms with van der Waals surface area (Å²) >= 11 is 0. The van der Waals surface area contributed by atoms with Crippen LogP contribution in [0.25, 0.3) is 0 Å². The molecular formula is C15H23N3O2. The maximum atomic E-state index is 12.0. The van der Waals surface area contributed by atoms with Crippen LogP contribution >= 0.6 is 0 Å². The van der Waals surface area contributed by atoms with Crippen LogP contribution in [0.5, 0.6) is 0 Å². The van der Waals surface area contributed by atoms with E-state index < -0.39 is 5.60 Å². The van der Waals surface area contributed by atoms with Gasteiger partial charge < -0.3 is 15.4 Å². The van der Waals surface area contributed by atoms with Crippen molar-refractivity contribution in [2.24, 2.45) is 5.73 Å². The van der Waals surface area contributed by atoms with E-state index >= 15 is 0 Å². The Morgan fingerprint density at radius 1 is 1.55 bits per heavy atom. The standard InChI is InChI=1S/C15H23N3O2/c1-14(2,3)20-13(19)18-8-6-15(16,11-18)9-12-5-4-7-17-10-12/h4-5,7,10H,6,8-9,11,16H2,1-3H3. The average Bonchev–Trinajstić information content (AvgIpc) is 2.71. The normalized spacial score (nSPS) is 22.9. The van der Waals surface area contributed by atoms with Gasteiger partial charge in [0.25, 0.3) is 0 Å². The van der Waals surface area contributed by atoms with Crippen molar-refractivity contribution >= 4 is 6.09 Å². The molecule has 1 atom stereocenters. The van der Waals surface area contributed by atoms with Crippen molar-refractivity contribution in [1.82, 2.24) is 9.88 Å². The van der Waals surface area contributed by atoms with Crippen molar-refractivity contribution in [2.45, 2.75) is 44.8 Å². The maximum absolute atomic E-state index is 12.0. The first-order valence-corrected chi connectivity index (χ1v) is 6.93. The van der Waals surface area contributed by atoms with Gasteiger partial charge in [0, 0.05) is 31.0 Å². The van der Waals surface area contributed by atoms with E-state index in [1.165, 1.54) is 0 Å². The second kappa shape index (κ2) is 5.40. The van der Waals surface area contributed by atoms with Crippen molar-refractivity contribution < 1.29 is 9.53 Å². The van der Waals surface area contributed by atoms with E-state index in [0.29, 0.717) is 13.1 Å². The monoisotopic (exact) mass is 277 g/mol. The number of likely N-dealkylation sites (tertiary alicyclic amines) is 1. The highest BCUT2D eigenvalue weighted by Crippen LogP contribution is 2.24. The molecule has 20 heavy (non-hydrogen) atoms.